The maximum atomic E-state index is 11.8. The third-order valence-electron chi connectivity index (χ3n) is 2.93. The van der Waals surface area contributed by atoms with Crippen LogP contribution in [0.4, 0.5) is 10.5 Å². The van der Waals surface area contributed by atoms with E-state index in [4.69, 9.17) is 4.74 Å². The van der Waals surface area contributed by atoms with E-state index in [1.54, 1.807) is 18.6 Å². The van der Waals surface area contributed by atoms with Gasteiger partial charge in [0, 0.05) is 17.8 Å². The van der Waals surface area contributed by atoms with Crippen molar-refractivity contribution in [3.8, 4) is 0 Å². The molecular weight excluding hydrogens is 254 g/mol. The van der Waals surface area contributed by atoms with E-state index in [0.29, 0.717) is 5.69 Å². The van der Waals surface area contributed by atoms with E-state index < -0.39 is 6.09 Å². The van der Waals surface area contributed by atoms with Gasteiger partial charge in [-0.2, -0.15) is 0 Å². The molecule has 0 unspecified atom stereocenters. The Labute approximate surface area is 115 Å². The second-order valence-electron chi connectivity index (χ2n) is 4.31. The molecule has 0 bridgehead atoms. The zero-order valence-corrected chi connectivity index (χ0v) is 10.7. The Kier molecular flexibility index (Phi) is 3.33. The minimum atomic E-state index is -0.480. The maximum absolute atomic E-state index is 11.8. The summed E-state index contributed by atoms with van der Waals surface area (Å²) in [6.45, 7) is 0.247. The molecule has 2 heterocycles. The lowest BCUT2D eigenvalue weighted by Gasteiger charge is -2.06. The number of ether oxygens (including phenoxy) is 1. The van der Waals surface area contributed by atoms with Gasteiger partial charge >= 0.3 is 6.09 Å². The number of aromatic nitrogens is 2. The molecule has 2 N–H and O–H groups in total. The minimum absolute atomic E-state index is 0.247. The lowest BCUT2D eigenvalue weighted by molar-refractivity contribution is 0.155. The zero-order valence-electron chi connectivity index (χ0n) is 10.7. The molecule has 3 aromatic rings. The second-order valence-corrected chi connectivity index (χ2v) is 4.31. The Morgan fingerprint density at radius 2 is 2.10 bits per heavy atom. The average molecular weight is 267 g/mol. The number of nitrogens with one attached hydrogen (secondary N) is 2. The molecule has 20 heavy (non-hydrogen) atoms. The van der Waals surface area contributed by atoms with Crippen LogP contribution in [0.3, 0.4) is 0 Å². The van der Waals surface area contributed by atoms with Crippen LogP contribution < -0.4 is 5.32 Å². The third-order valence-corrected chi connectivity index (χ3v) is 2.93. The number of aromatic amines is 1. The molecule has 5 nitrogen and oxygen atoms in total. The van der Waals surface area contributed by atoms with Crippen molar-refractivity contribution in [2.45, 2.75) is 6.61 Å². The van der Waals surface area contributed by atoms with Crippen LogP contribution in [0.15, 0.2) is 55.0 Å². The number of anilines is 1. The number of nitrogens with zero attached hydrogens (tertiary/aromatic N) is 1. The van der Waals surface area contributed by atoms with Gasteiger partial charge in [-0.25, -0.2) is 4.79 Å². The topological polar surface area (TPSA) is 67.0 Å². The molecule has 0 aliphatic carbocycles. The van der Waals surface area contributed by atoms with Gasteiger partial charge in [-0.1, -0.05) is 30.3 Å². The van der Waals surface area contributed by atoms with Crippen molar-refractivity contribution in [1.29, 1.82) is 0 Å². The lowest BCUT2D eigenvalue weighted by atomic mass is 10.2. The van der Waals surface area contributed by atoms with Gasteiger partial charge in [0.05, 0.1) is 17.4 Å². The highest BCUT2D eigenvalue weighted by atomic mass is 16.5. The molecule has 2 aromatic heterocycles. The molecule has 100 valence electrons. The van der Waals surface area contributed by atoms with Gasteiger partial charge < -0.3 is 9.72 Å². The van der Waals surface area contributed by atoms with Crippen LogP contribution in [0.25, 0.3) is 10.9 Å². The summed E-state index contributed by atoms with van der Waals surface area (Å²) in [5.41, 5.74) is 2.50. The van der Waals surface area contributed by atoms with Crippen LogP contribution in [-0.2, 0) is 11.3 Å². The number of carbonyl (C=O) groups excluding carboxylic acids is 1. The molecule has 0 fully saturated rings. The number of rotatable bonds is 3. The molecule has 0 aliphatic heterocycles. The summed E-state index contributed by atoms with van der Waals surface area (Å²) in [7, 11) is 0. The number of pyridine rings is 1. The van der Waals surface area contributed by atoms with E-state index in [2.05, 4.69) is 15.3 Å². The molecule has 0 aliphatic rings. The summed E-state index contributed by atoms with van der Waals surface area (Å²) in [6.07, 6.45) is 4.62. The number of benzene rings is 1. The van der Waals surface area contributed by atoms with Gasteiger partial charge in [0.15, 0.2) is 0 Å². The predicted octanol–water partition coefficient (Wildman–Crippen LogP) is 3.31. The van der Waals surface area contributed by atoms with E-state index in [9.17, 15) is 4.79 Å². The van der Waals surface area contributed by atoms with E-state index in [1.807, 2.05) is 36.4 Å². The Hall–Kier alpha value is -2.82. The fourth-order valence-corrected chi connectivity index (χ4v) is 1.94. The van der Waals surface area contributed by atoms with Crippen molar-refractivity contribution in [1.82, 2.24) is 9.97 Å². The van der Waals surface area contributed by atoms with Crippen LogP contribution in [-0.4, -0.2) is 16.1 Å². The summed E-state index contributed by atoms with van der Waals surface area (Å²) in [5, 5.41) is 3.61. The van der Waals surface area contributed by atoms with E-state index in [0.717, 1.165) is 16.5 Å². The van der Waals surface area contributed by atoms with Gasteiger partial charge in [-0.15, -0.1) is 0 Å². The molecule has 0 spiro atoms. The van der Waals surface area contributed by atoms with E-state index in [-0.39, 0.29) is 6.61 Å². The van der Waals surface area contributed by atoms with Crippen LogP contribution >= 0.6 is 0 Å². The first-order chi connectivity index (χ1) is 9.83. The first kappa shape index (κ1) is 12.2. The summed E-state index contributed by atoms with van der Waals surface area (Å²) in [6, 6.07) is 11.4. The minimum Gasteiger partial charge on any atom is -0.444 e. The SMILES string of the molecule is O=C(Nc1c[nH]c2cnccc12)OCc1ccccc1. The lowest BCUT2D eigenvalue weighted by Crippen LogP contribution is -2.13. The predicted molar refractivity (Wildman–Crippen MR) is 76.3 cm³/mol. The number of hydrogen-bond acceptors (Lipinski definition) is 3. The van der Waals surface area contributed by atoms with Crippen molar-refractivity contribution in [3.05, 3.63) is 60.6 Å². The first-order valence-electron chi connectivity index (χ1n) is 6.22. The molecular formula is C15H13N3O2. The van der Waals surface area contributed by atoms with Gasteiger partial charge in [0.2, 0.25) is 0 Å². The number of carbonyl (C=O) groups is 1. The van der Waals surface area contributed by atoms with Crippen LogP contribution in [0.1, 0.15) is 5.56 Å². The fourth-order valence-electron chi connectivity index (χ4n) is 1.94. The highest BCUT2D eigenvalue weighted by Crippen LogP contribution is 2.21. The highest BCUT2D eigenvalue weighted by molar-refractivity contribution is 5.98. The standard InChI is InChI=1S/C15H13N3O2/c19-15(20-10-11-4-2-1-3-5-11)18-14-9-17-13-8-16-7-6-12(13)14/h1-9,17H,10H2,(H,18,19). The van der Waals surface area contributed by atoms with Crippen molar-refractivity contribution < 1.29 is 9.53 Å². The maximum Gasteiger partial charge on any atom is 0.412 e. The van der Waals surface area contributed by atoms with Crippen molar-refractivity contribution in [3.63, 3.8) is 0 Å². The summed E-state index contributed by atoms with van der Waals surface area (Å²) in [5.74, 6) is 0. The Balaban J connectivity index is 1.64. The summed E-state index contributed by atoms with van der Waals surface area (Å²) in [4.78, 5) is 18.8. The van der Waals surface area contributed by atoms with Crippen LogP contribution in [0.2, 0.25) is 0 Å². The summed E-state index contributed by atoms with van der Waals surface area (Å²) < 4.78 is 5.17. The van der Waals surface area contributed by atoms with Gasteiger partial charge in [-0.3, -0.25) is 10.3 Å². The molecule has 1 aromatic carbocycles. The van der Waals surface area contributed by atoms with E-state index in [1.165, 1.54) is 0 Å². The Morgan fingerprint density at radius 3 is 2.95 bits per heavy atom. The fraction of sp³-hybridized carbons (Fsp3) is 0.0667. The van der Waals surface area contributed by atoms with Gasteiger partial charge in [-0.05, 0) is 11.6 Å². The molecule has 0 atom stereocenters. The molecule has 3 rings (SSSR count). The zero-order chi connectivity index (χ0) is 13.8. The van der Waals surface area contributed by atoms with E-state index >= 15 is 0 Å². The molecule has 0 saturated heterocycles. The van der Waals surface area contributed by atoms with Crippen LogP contribution in [0, 0.1) is 0 Å². The number of amides is 1. The second kappa shape index (κ2) is 5.44. The number of hydrogen-bond donors (Lipinski definition) is 2. The molecule has 0 radical (unpaired) electrons. The monoisotopic (exact) mass is 267 g/mol. The van der Waals surface area contributed by atoms with Gasteiger partial charge in [0.1, 0.15) is 6.61 Å². The number of fused-ring (bicyclic) bond motifs is 1. The van der Waals surface area contributed by atoms with Crippen molar-refractivity contribution in [2.75, 3.05) is 5.32 Å². The van der Waals surface area contributed by atoms with Crippen molar-refractivity contribution >= 4 is 22.7 Å². The quantitative estimate of drug-likeness (QED) is 0.765. The highest BCUT2D eigenvalue weighted by Gasteiger charge is 2.08. The van der Waals surface area contributed by atoms with Gasteiger partial charge in [0.25, 0.3) is 0 Å². The molecule has 1 amide bonds. The first-order valence-corrected chi connectivity index (χ1v) is 6.22. The largest absolute Gasteiger partial charge is 0.444 e. The van der Waals surface area contributed by atoms with Crippen molar-refractivity contribution in [2.24, 2.45) is 0 Å². The molecule has 0 saturated carbocycles. The smallest absolute Gasteiger partial charge is 0.412 e. The normalized spacial score (nSPS) is 10.4. The Bertz CT molecular complexity index is 722. The third kappa shape index (κ3) is 2.61. The Morgan fingerprint density at radius 1 is 1.25 bits per heavy atom. The average Bonchev–Trinajstić information content (AvgIpc) is 2.90. The summed E-state index contributed by atoms with van der Waals surface area (Å²) >= 11 is 0. The van der Waals surface area contributed by atoms with Crippen LogP contribution in [0.5, 0.6) is 0 Å². The molecule has 5 heteroatoms. The number of H-pyrrole nitrogens is 1.